The molecule has 3 nitrogen and oxygen atoms in total. The molecule has 0 spiro atoms. The van der Waals surface area contributed by atoms with Crippen LogP contribution in [0.15, 0.2) is 47.5 Å². The zero-order valence-corrected chi connectivity index (χ0v) is 10.6. The van der Waals surface area contributed by atoms with Gasteiger partial charge in [-0.3, -0.25) is 14.3 Å². The zero-order chi connectivity index (χ0) is 14.3. The highest BCUT2D eigenvalue weighted by Gasteiger charge is 2.10. The minimum atomic E-state index is -0.600. The van der Waals surface area contributed by atoms with Gasteiger partial charge >= 0.3 is 0 Å². The SMILES string of the molecule is Cc1ccc(F)c(-n2ccc3ncc(F)cc3c2=O)c1. The first kappa shape index (κ1) is 12.5. The number of aromatic nitrogens is 2. The van der Waals surface area contributed by atoms with Crippen molar-refractivity contribution in [2.45, 2.75) is 6.92 Å². The summed E-state index contributed by atoms with van der Waals surface area (Å²) in [5.74, 6) is -1.11. The third-order valence-corrected chi connectivity index (χ3v) is 3.08. The number of rotatable bonds is 1. The van der Waals surface area contributed by atoms with Gasteiger partial charge in [-0.05, 0) is 36.8 Å². The van der Waals surface area contributed by atoms with E-state index in [2.05, 4.69) is 4.98 Å². The lowest BCUT2D eigenvalue weighted by molar-refractivity contribution is 0.615. The van der Waals surface area contributed by atoms with Gasteiger partial charge in [-0.25, -0.2) is 8.78 Å². The lowest BCUT2D eigenvalue weighted by Gasteiger charge is -2.09. The van der Waals surface area contributed by atoms with Crippen LogP contribution in [0.5, 0.6) is 0 Å². The number of hydrogen-bond donors (Lipinski definition) is 0. The molecule has 1 aromatic carbocycles. The Hall–Kier alpha value is -2.56. The molecule has 0 aliphatic carbocycles. The molecule has 0 fully saturated rings. The highest BCUT2D eigenvalue weighted by Crippen LogP contribution is 2.15. The van der Waals surface area contributed by atoms with Crippen LogP contribution < -0.4 is 5.56 Å². The van der Waals surface area contributed by atoms with Crippen molar-refractivity contribution in [2.75, 3.05) is 0 Å². The van der Waals surface area contributed by atoms with Crippen LogP contribution in [0.25, 0.3) is 16.6 Å². The van der Waals surface area contributed by atoms with Gasteiger partial charge < -0.3 is 0 Å². The van der Waals surface area contributed by atoms with Gasteiger partial charge in [0.15, 0.2) is 0 Å². The van der Waals surface area contributed by atoms with E-state index in [9.17, 15) is 13.6 Å². The van der Waals surface area contributed by atoms with Crippen LogP contribution in [0.3, 0.4) is 0 Å². The van der Waals surface area contributed by atoms with Gasteiger partial charge in [0.05, 0.1) is 22.8 Å². The van der Waals surface area contributed by atoms with Crippen molar-refractivity contribution >= 4 is 10.9 Å². The fourth-order valence-electron chi connectivity index (χ4n) is 2.09. The summed E-state index contributed by atoms with van der Waals surface area (Å²) in [5.41, 5.74) is 0.839. The second-order valence-corrected chi connectivity index (χ2v) is 4.53. The molecule has 3 aromatic rings. The van der Waals surface area contributed by atoms with Crippen LogP contribution >= 0.6 is 0 Å². The summed E-state index contributed by atoms with van der Waals surface area (Å²) in [4.78, 5) is 16.2. The maximum atomic E-state index is 13.9. The Morgan fingerprint density at radius 3 is 2.75 bits per heavy atom. The van der Waals surface area contributed by atoms with E-state index in [-0.39, 0.29) is 11.1 Å². The molecule has 0 aliphatic rings. The van der Waals surface area contributed by atoms with Crippen molar-refractivity contribution in [2.24, 2.45) is 0 Å². The first-order chi connectivity index (χ1) is 9.56. The van der Waals surface area contributed by atoms with Crippen LogP contribution in [0.2, 0.25) is 0 Å². The molecule has 0 amide bonds. The second-order valence-electron chi connectivity index (χ2n) is 4.53. The number of nitrogens with zero attached hydrogens (tertiary/aromatic N) is 2. The molecule has 0 radical (unpaired) electrons. The van der Waals surface area contributed by atoms with E-state index in [4.69, 9.17) is 0 Å². The first-order valence-corrected chi connectivity index (χ1v) is 6.00. The Balaban J connectivity index is 2.35. The highest BCUT2D eigenvalue weighted by atomic mass is 19.1. The Morgan fingerprint density at radius 2 is 1.95 bits per heavy atom. The minimum absolute atomic E-state index is 0.119. The number of hydrogen-bond acceptors (Lipinski definition) is 2. The topological polar surface area (TPSA) is 34.9 Å². The van der Waals surface area contributed by atoms with Crippen LogP contribution in [0, 0.1) is 18.6 Å². The molecule has 100 valence electrons. The molecule has 3 rings (SSSR count). The third-order valence-electron chi connectivity index (χ3n) is 3.08. The molecule has 2 aromatic heterocycles. The van der Waals surface area contributed by atoms with E-state index < -0.39 is 17.2 Å². The van der Waals surface area contributed by atoms with E-state index in [1.54, 1.807) is 25.1 Å². The van der Waals surface area contributed by atoms with Crippen molar-refractivity contribution in [3.05, 3.63) is 70.3 Å². The normalized spacial score (nSPS) is 10.9. The van der Waals surface area contributed by atoms with Gasteiger partial charge in [-0.15, -0.1) is 0 Å². The lowest BCUT2D eigenvalue weighted by atomic mass is 10.2. The molecule has 0 N–H and O–H groups in total. The van der Waals surface area contributed by atoms with Crippen LogP contribution in [-0.2, 0) is 0 Å². The predicted molar refractivity (Wildman–Crippen MR) is 72.0 cm³/mol. The summed E-state index contributed by atoms with van der Waals surface area (Å²) in [6, 6.07) is 7.14. The molecule has 20 heavy (non-hydrogen) atoms. The summed E-state index contributed by atoms with van der Waals surface area (Å²) in [5, 5.41) is 0.119. The summed E-state index contributed by atoms with van der Waals surface area (Å²) < 4.78 is 28.2. The zero-order valence-electron chi connectivity index (χ0n) is 10.6. The van der Waals surface area contributed by atoms with E-state index in [0.29, 0.717) is 5.52 Å². The summed E-state index contributed by atoms with van der Waals surface area (Å²) in [6.07, 6.45) is 2.48. The number of pyridine rings is 2. The Morgan fingerprint density at radius 1 is 1.15 bits per heavy atom. The van der Waals surface area contributed by atoms with Gasteiger partial charge in [-0.2, -0.15) is 0 Å². The van der Waals surface area contributed by atoms with E-state index in [0.717, 1.165) is 22.4 Å². The fourth-order valence-corrected chi connectivity index (χ4v) is 2.09. The van der Waals surface area contributed by atoms with Gasteiger partial charge in [0.1, 0.15) is 11.6 Å². The number of aryl methyl sites for hydroxylation is 1. The molecular weight excluding hydrogens is 262 g/mol. The van der Waals surface area contributed by atoms with Crippen LogP contribution in [0.1, 0.15) is 5.56 Å². The van der Waals surface area contributed by atoms with Gasteiger partial charge in [0, 0.05) is 6.20 Å². The summed E-state index contributed by atoms with van der Waals surface area (Å²) >= 11 is 0. The number of fused-ring (bicyclic) bond motifs is 1. The Bertz CT molecular complexity index is 871. The minimum Gasteiger partial charge on any atom is -0.281 e. The third kappa shape index (κ3) is 1.97. The monoisotopic (exact) mass is 272 g/mol. The summed E-state index contributed by atoms with van der Waals surface area (Å²) in [7, 11) is 0. The van der Waals surface area contributed by atoms with E-state index in [1.165, 1.54) is 12.3 Å². The molecule has 0 saturated heterocycles. The molecule has 0 unspecified atom stereocenters. The van der Waals surface area contributed by atoms with Gasteiger partial charge in [0.25, 0.3) is 5.56 Å². The Labute approximate surface area is 113 Å². The number of benzene rings is 1. The molecule has 0 aliphatic heterocycles. The molecular formula is C15H10F2N2O. The first-order valence-electron chi connectivity index (χ1n) is 6.00. The number of halogens is 2. The van der Waals surface area contributed by atoms with Crippen molar-refractivity contribution in [1.82, 2.24) is 9.55 Å². The van der Waals surface area contributed by atoms with Crippen LogP contribution in [0.4, 0.5) is 8.78 Å². The standard InChI is InChI=1S/C15H10F2N2O/c1-9-2-3-12(17)14(6-9)19-5-4-13-11(15(19)20)7-10(16)8-18-13/h2-8H,1H3. The smallest absolute Gasteiger partial charge is 0.264 e. The fraction of sp³-hybridized carbons (Fsp3) is 0.0667. The molecule has 5 heteroatoms. The summed E-state index contributed by atoms with van der Waals surface area (Å²) in [6.45, 7) is 1.80. The highest BCUT2D eigenvalue weighted by molar-refractivity contribution is 5.77. The van der Waals surface area contributed by atoms with Gasteiger partial charge in [-0.1, -0.05) is 6.07 Å². The molecule has 0 atom stereocenters. The quantitative estimate of drug-likeness (QED) is 0.682. The van der Waals surface area contributed by atoms with Crippen molar-refractivity contribution in [1.29, 1.82) is 0 Å². The molecule has 0 saturated carbocycles. The molecule has 2 heterocycles. The van der Waals surface area contributed by atoms with Crippen molar-refractivity contribution in [3.8, 4) is 5.69 Å². The maximum absolute atomic E-state index is 13.9. The Kier molecular flexibility index (Phi) is 2.82. The van der Waals surface area contributed by atoms with E-state index in [1.807, 2.05) is 0 Å². The predicted octanol–water partition coefficient (Wildman–Crippen LogP) is 2.97. The second kappa shape index (κ2) is 4.52. The van der Waals surface area contributed by atoms with E-state index >= 15 is 0 Å². The average Bonchev–Trinajstić information content (AvgIpc) is 2.43. The van der Waals surface area contributed by atoms with Gasteiger partial charge in [0.2, 0.25) is 0 Å². The maximum Gasteiger partial charge on any atom is 0.264 e. The van der Waals surface area contributed by atoms with Crippen molar-refractivity contribution < 1.29 is 8.78 Å². The average molecular weight is 272 g/mol. The molecule has 0 bridgehead atoms. The van der Waals surface area contributed by atoms with Crippen molar-refractivity contribution in [3.63, 3.8) is 0 Å². The van der Waals surface area contributed by atoms with Crippen LogP contribution in [-0.4, -0.2) is 9.55 Å². The lowest BCUT2D eigenvalue weighted by Crippen LogP contribution is -2.19. The largest absolute Gasteiger partial charge is 0.281 e.